The van der Waals surface area contributed by atoms with Crippen LogP contribution < -0.4 is 0 Å². The first-order chi connectivity index (χ1) is 9.34. The van der Waals surface area contributed by atoms with Crippen molar-refractivity contribution in [2.24, 2.45) is 10.2 Å². The molecule has 20 heavy (non-hydrogen) atoms. The maximum absolute atomic E-state index is 14.1. The summed E-state index contributed by atoms with van der Waals surface area (Å²) in [5.41, 5.74) is 16.4. The van der Waals surface area contributed by atoms with Crippen molar-refractivity contribution < 1.29 is 28.2 Å². The number of hydrogen-bond acceptors (Lipinski definition) is 6. The zero-order valence-corrected chi connectivity index (χ0v) is 10.1. The van der Waals surface area contributed by atoms with E-state index in [1.165, 1.54) is 0 Å². The van der Waals surface area contributed by atoms with Crippen molar-refractivity contribution in [2.45, 2.75) is 37.4 Å². The van der Waals surface area contributed by atoms with Crippen LogP contribution in [0.15, 0.2) is 10.2 Å². The molecule has 1 N–H and O–H groups in total. The van der Waals surface area contributed by atoms with Crippen molar-refractivity contribution in [3.05, 3.63) is 20.9 Å². The fourth-order valence-corrected chi connectivity index (χ4v) is 1.71. The molecule has 0 aromatic rings. The lowest BCUT2D eigenvalue weighted by atomic mass is 9.96. The first-order valence-corrected chi connectivity index (χ1v) is 5.28. The number of esters is 1. The monoisotopic (exact) mass is 292 g/mol. The molecular weight excluding hydrogens is 282 g/mol. The molecule has 2 unspecified atom stereocenters. The Hall–Kier alpha value is -2.13. The molecule has 0 amide bonds. The van der Waals surface area contributed by atoms with E-state index in [1.807, 2.05) is 0 Å². The largest absolute Gasteiger partial charge is 0.453 e. The van der Waals surface area contributed by atoms with E-state index >= 15 is 0 Å². The van der Waals surface area contributed by atoms with E-state index < -0.39 is 43.0 Å². The second-order valence-electron chi connectivity index (χ2n) is 3.83. The summed E-state index contributed by atoms with van der Waals surface area (Å²) >= 11 is 0. The van der Waals surface area contributed by atoms with Crippen molar-refractivity contribution in [3.8, 4) is 0 Å². The van der Waals surface area contributed by atoms with Crippen molar-refractivity contribution >= 4 is 5.97 Å². The third-order valence-corrected chi connectivity index (χ3v) is 2.49. The fourth-order valence-electron chi connectivity index (χ4n) is 1.71. The predicted molar refractivity (Wildman–Crippen MR) is 58.3 cm³/mol. The molecule has 1 heterocycles. The van der Waals surface area contributed by atoms with Crippen LogP contribution in [0.5, 0.6) is 0 Å². The number of nitrogens with zero attached hydrogens (tertiary/aromatic N) is 6. The number of alkyl halides is 2. The molecule has 4 atom stereocenters. The zero-order chi connectivity index (χ0) is 15.3. The van der Waals surface area contributed by atoms with E-state index in [0.29, 0.717) is 0 Å². The normalized spacial score (nSPS) is 31.6. The van der Waals surface area contributed by atoms with Gasteiger partial charge in [-0.3, -0.25) is 4.79 Å². The predicted octanol–water partition coefficient (Wildman–Crippen LogP) is 1.26. The van der Waals surface area contributed by atoms with E-state index in [1.54, 1.807) is 0 Å². The molecule has 1 aliphatic rings. The number of aliphatic hydroxyl groups excluding tert-OH is 1. The summed E-state index contributed by atoms with van der Waals surface area (Å²) in [6.07, 6.45) is -5.83. The van der Waals surface area contributed by atoms with Crippen molar-refractivity contribution in [1.29, 1.82) is 0 Å². The highest BCUT2D eigenvalue weighted by Crippen LogP contribution is 2.38. The third kappa shape index (κ3) is 3.25. The molecule has 0 aromatic heterocycles. The van der Waals surface area contributed by atoms with E-state index in [9.17, 15) is 18.7 Å². The van der Waals surface area contributed by atoms with Crippen LogP contribution in [0.25, 0.3) is 20.9 Å². The second-order valence-corrected chi connectivity index (χ2v) is 3.83. The number of carbonyl (C=O) groups is 1. The Kier molecular flexibility index (Phi) is 5.06. The lowest BCUT2D eigenvalue weighted by molar-refractivity contribution is -0.292. The quantitative estimate of drug-likeness (QED) is 0.358. The summed E-state index contributed by atoms with van der Waals surface area (Å²) in [4.78, 5) is 15.4. The molecule has 0 saturated carbocycles. The van der Waals surface area contributed by atoms with Crippen LogP contribution in [0.1, 0.15) is 6.92 Å². The number of halogens is 2. The van der Waals surface area contributed by atoms with Crippen molar-refractivity contribution in [2.75, 3.05) is 6.54 Å². The van der Waals surface area contributed by atoms with Crippen LogP contribution in [0, 0.1) is 0 Å². The molecule has 110 valence electrons. The van der Waals surface area contributed by atoms with Gasteiger partial charge in [0.2, 0.25) is 0 Å². The van der Waals surface area contributed by atoms with Crippen LogP contribution in [-0.2, 0) is 14.3 Å². The lowest BCUT2D eigenvalue weighted by Crippen LogP contribution is -2.63. The van der Waals surface area contributed by atoms with Crippen LogP contribution in [0.4, 0.5) is 8.78 Å². The average Bonchev–Trinajstić information content (AvgIpc) is 2.36. The summed E-state index contributed by atoms with van der Waals surface area (Å²) in [5.74, 6) is -4.91. The van der Waals surface area contributed by atoms with Gasteiger partial charge < -0.3 is 14.6 Å². The second kappa shape index (κ2) is 6.35. The Morgan fingerprint density at radius 2 is 2.15 bits per heavy atom. The van der Waals surface area contributed by atoms with Gasteiger partial charge >= 0.3 is 5.97 Å². The molecular formula is C8H10F2N6O4. The third-order valence-electron chi connectivity index (χ3n) is 2.49. The summed E-state index contributed by atoms with van der Waals surface area (Å²) in [6, 6.07) is -2.26. The van der Waals surface area contributed by atoms with Gasteiger partial charge in [-0.1, -0.05) is 10.2 Å². The standard InChI is InChI=1S/C8H10F2N6O4/c1-3(17)19-6-4(2-13-15-11)20-7(18)5(14-16-12)8(6,9)10/h4-7,18H,2H2,1H3/t4-,5?,6-,7?/m1/s1. The number of hydrogen-bond donors (Lipinski definition) is 1. The number of azide groups is 2. The highest BCUT2D eigenvalue weighted by atomic mass is 19.3. The smallest absolute Gasteiger partial charge is 0.303 e. The van der Waals surface area contributed by atoms with Crippen LogP contribution >= 0.6 is 0 Å². The minimum atomic E-state index is -3.88. The van der Waals surface area contributed by atoms with Gasteiger partial charge in [0.15, 0.2) is 18.4 Å². The topological polar surface area (TPSA) is 153 Å². The Bertz CT molecular complexity index is 476. The maximum atomic E-state index is 14.1. The molecule has 0 radical (unpaired) electrons. The van der Waals surface area contributed by atoms with E-state index in [2.05, 4.69) is 24.8 Å². The summed E-state index contributed by atoms with van der Waals surface area (Å²) in [5, 5.41) is 15.2. The van der Waals surface area contributed by atoms with Gasteiger partial charge in [-0.25, -0.2) is 8.78 Å². The molecule has 1 rings (SSSR count). The SMILES string of the molecule is CC(=O)O[C@@H]1[C@@H](CN=[N+]=[N-])OC(O)C(N=[N+]=[N-])C1(F)F. The molecule has 12 heteroatoms. The Morgan fingerprint density at radius 1 is 1.50 bits per heavy atom. The molecule has 0 bridgehead atoms. The van der Waals surface area contributed by atoms with Gasteiger partial charge in [0.05, 0.1) is 6.54 Å². The first-order valence-electron chi connectivity index (χ1n) is 5.28. The molecule has 0 aliphatic carbocycles. The van der Waals surface area contributed by atoms with Crippen molar-refractivity contribution in [3.63, 3.8) is 0 Å². The number of rotatable bonds is 4. The van der Waals surface area contributed by atoms with Gasteiger partial charge in [0, 0.05) is 16.7 Å². The van der Waals surface area contributed by atoms with Crippen molar-refractivity contribution in [1.82, 2.24) is 0 Å². The van der Waals surface area contributed by atoms with E-state index in [-0.39, 0.29) is 0 Å². The Balaban J connectivity index is 3.13. The van der Waals surface area contributed by atoms with E-state index in [4.69, 9.17) is 15.8 Å². The summed E-state index contributed by atoms with van der Waals surface area (Å²) in [7, 11) is 0. The van der Waals surface area contributed by atoms with Crippen LogP contribution in [-0.4, -0.2) is 48.1 Å². The number of aliphatic hydroxyl groups is 1. The summed E-state index contributed by atoms with van der Waals surface area (Å²) in [6.45, 7) is 0.304. The Morgan fingerprint density at radius 3 is 2.65 bits per heavy atom. The minimum absolute atomic E-state index is 0.593. The average molecular weight is 292 g/mol. The maximum Gasteiger partial charge on any atom is 0.303 e. The van der Waals surface area contributed by atoms with Crippen LogP contribution in [0.3, 0.4) is 0 Å². The highest BCUT2D eigenvalue weighted by Gasteiger charge is 2.60. The zero-order valence-electron chi connectivity index (χ0n) is 10.1. The lowest BCUT2D eigenvalue weighted by Gasteiger charge is -2.42. The van der Waals surface area contributed by atoms with Crippen LogP contribution in [0.2, 0.25) is 0 Å². The Labute approximate surface area is 110 Å². The minimum Gasteiger partial charge on any atom is -0.453 e. The molecule has 0 spiro atoms. The number of ether oxygens (including phenoxy) is 2. The molecule has 1 fully saturated rings. The molecule has 1 aliphatic heterocycles. The fraction of sp³-hybridized carbons (Fsp3) is 0.875. The van der Waals surface area contributed by atoms with Gasteiger partial charge in [0.25, 0.3) is 5.92 Å². The number of carbonyl (C=O) groups excluding carboxylic acids is 1. The first kappa shape index (κ1) is 15.9. The highest BCUT2D eigenvalue weighted by molar-refractivity contribution is 5.66. The van der Waals surface area contributed by atoms with Gasteiger partial charge in [0.1, 0.15) is 6.10 Å². The summed E-state index contributed by atoms with van der Waals surface area (Å²) < 4.78 is 37.4. The van der Waals surface area contributed by atoms with Gasteiger partial charge in [-0.2, -0.15) is 0 Å². The molecule has 10 nitrogen and oxygen atoms in total. The molecule has 0 aromatic carbocycles. The molecule has 1 saturated heterocycles. The van der Waals surface area contributed by atoms with Gasteiger partial charge in [-0.05, 0) is 11.1 Å². The van der Waals surface area contributed by atoms with Gasteiger partial charge in [-0.15, -0.1) is 0 Å². The van der Waals surface area contributed by atoms with E-state index in [0.717, 1.165) is 6.92 Å².